The minimum atomic E-state index is -0.187. The molecular formula is C9H12ClN3O2S. The summed E-state index contributed by atoms with van der Waals surface area (Å²) in [6.07, 6.45) is 0.906. The Morgan fingerprint density at radius 1 is 1.69 bits per heavy atom. The highest BCUT2D eigenvalue weighted by Gasteiger charge is 2.35. The van der Waals surface area contributed by atoms with Gasteiger partial charge in [0.05, 0.1) is 12.6 Å². The van der Waals surface area contributed by atoms with E-state index in [2.05, 4.69) is 10.2 Å². The molecule has 1 aromatic rings. The van der Waals surface area contributed by atoms with E-state index in [9.17, 15) is 9.90 Å². The van der Waals surface area contributed by atoms with Crippen molar-refractivity contribution in [2.75, 3.05) is 13.2 Å². The van der Waals surface area contributed by atoms with Gasteiger partial charge in [0, 0.05) is 6.54 Å². The molecule has 7 heteroatoms. The van der Waals surface area contributed by atoms with Gasteiger partial charge in [-0.25, -0.2) is 0 Å². The second kappa shape index (κ2) is 4.65. The van der Waals surface area contributed by atoms with Crippen LogP contribution in [0.25, 0.3) is 0 Å². The molecule has 5 nitrogen and oxygen atoms in total. The summed E-state index contributed by atoms with van der Waals surface area (Å²) in [5.74, 6) is 0.130. The highest BCUT2D eigenvalue weighted by Crippen LogP contribution is 2.26. The first kappa shape index (κ1) is 11.8. The topological polar surface area (TPSA) is 66.3 Å². The molecule has 88 valence electrons. The van der Waals surface area contributed by atoms with Crippen molar-refractivity contribution >= 4 is 28.8 Å². The average molecular weight is 262 g/mol. The molecule has 0 bridgehead atoms. The van der Waals surface area contributed by atoms with E-state index >= 15 is 0 Å². The summed E-state index contributed by atoms with van der Waals surface area (Å²) in [6.45, 7) is 2.67. The smallest absolute Gasteiger partial charge is 0.285 e. The maximum atomic E-state index is 12.0. The minimum absolute atomic E-state index is 0.0144. The van der Waals surface area contributed by atoms with E-state index in [1.165, 1.54) is 0 Å². The Hall–Kier alpha value is -0.720. The largest absolute Gasteiger partial charge is 0.394 e. The van der Waals surface area contributed by atoms with Gasteiger partial charge in [0.2, 0.25) is 9.47 Å². The predicted octanol–water partition coefficient (Wildman–Crippen LogP) is 1.03. The van der Waals surface area contributed by atoms with Crippen molar-refractivity contribution in [1.82, 2.24) is 15.1 Å². The predicted molar refractivity (Wildman–Crippen MR) is 60.6 cm³/mol. The average Bonchev–Trinajstić information content (AvgIpc) is 2.83. The van der Waals surface area contributed by atoms with E-state index in [-0.39, 0.29) is 28.0 Å². The first-order chi connectivity index (χ1) is 7.63. The first-order valence-electron chi connectivity index (χ1n) is 5.04. The number of likely N-dealkylation sites (tertiary alicyclic amines) is 1. The Morgan fingerprint density at radius 3 is 3.00 bits per heavy atom. The molecule has 1 fully saturated rings. The van der Waals surface area contributed by atoms with E-state index in [0.29, 0.717) is 12.5 Å². The molecule has 2 heterocycles. The van der Waals surface area contributed by atoms with Crippen LogP contribution in [0.5, 0.6) is 0 Å². The molecule has 2 unspecified atom stereocenters. The van der Waals surface area contributed by atoms with Crippen LogP contribution in [0.3, 0.4) is 0 Å². The molecule has 0 saturated carbocycles. The van der Waals surface area contributed by atoms with Crippen LogP contribution in [0, 0.1) is 5.92 Å². The summed E-state index contributed by atoms with van der Waals surface area (Å²) in [5.41, 5.74) is 0. The normalized spacial score (nSPS) is 25.1. The maximum absolute atomic E-state index is 12.0. The zero-order valence-corrected chi connectivity index (χ0v) is 10.3. The van der Waals surface area contributed by atoms with Gasteiger partial charge in [-0.1, -0.05) is 18.3 Å². The summed E-state index contributed by atoms with van der Waals surface area (Å²) >= 11 is 6.70. The molecule has 0 spiro atoms. The van der Waals surface area contributed by atoms with E-state index < -0.39 is 0 Å². The molecule has 0 radical (unpaired) electrons. The summed E-state index contributed by atoms with van der Waals surface area (Å²) < 4.78 is 0.260. The second-order valence-corrected chi connectivity index (χ2v) is 5.43. The lowest BCUT2D eigenvalue weighted by atomic mass is 10.0. The fourth-order valence-electron chi connectivity index (χ4n) is 1.95. The Balaban J connectivity index is 2.16. The highest BCUT2D eigenvalue weighted by atomic mass is 35.5. The number of carbonyl (C=O) groups excluding carboxylic acids is 1. The van der Waals surface area contributed by atoms with Crippen molar-refractivity contribution in [3.8, 4) is 0 Å². The number of aliphatic hydroxyl groups is 1. The summed E-state index contributed by atoms with van der Waals surface area (Å²) in [7, 11) is 0. The van der Waals surface area contributed by atoms with Gasteiger partial charge in [0.1, 0.15) is 0 Å². The first-order valence-corrected chi connectivity index (χ1v) is 6.23. The third-order valence-electron chi connectivity index (χ3n) is 2.91. The molecule has 1 aliphatic heterocycles. The van der Waals surface area contributed by atoms with Crippen LogP contribution >= 0.6 is 22.9 Å². The minimum Gasteiger partial charge on any atom is -0.394 e. The lowest BCUT2D eigenvalue weighted by Gasteiger charge is -2.23. The Kier molecular flexibility index (Phi) is 3.41. The standard InChI is InChI=1S/C9H12ClN3O2S/c1-5-2-3-13(6(5)4-14)8(15)7-11-12-9(10)16-7/h5-6,14H,2-4H2,1H3. The van der Waals surface area contributed by atoms with Gasteiger partial charge in [-0.15, -0.1) is 10.2 Å². The van der Waals surface area contributed by atoms with Gasteiger partial charge in [0.15, 0.2) is 0 Å². The molecule has 0 aromatic carbocycles. The summed E-state index contributed by atoms with van der Waals surface area (Å²) in [5, 5.41) is 16.9. The van der Waals surface area contributed by atoms with Crippen LogP contribution in [0.2, 0.25) is 4.47 Å². The van der Waals surface area contributed by atoms with Crippen LogP contribution in [-0.4, -0.2) is 45.3 Å². The van der Waals surface area contributed by atoms with Gasteiger partial charge in [-0.05, 0) is 23.9 Å². The number of amides is 1. The molecular weight excluding hydrogens is 250 g/mol. The molecule has 2 rings (SSSR count). The lowest BCUT2D eigenvalue weighted by Crippen LogP contribution is -2.39. The van der Waals surface area contributed by atoms with E-state index in [1.54, 1.807) is 4.90 Å². The fraction of sp³-hybridized carbons (Fsp3) is 0.667. The Labute approximate surface area is 102 Å². The third-order valence-corrected chi connectivity index (χ3v) is 3.92. The van der Waals surface area contributed by atoms with Crippen LogP contribution in [0.15, 0.2) is 0 Å². The number of nitrogens with zero attached hydrogens (tertiary/aromatic N) is 3. The Morgan fingerprint density at radius 2 is 2.44 bits per heavy atom. The highest BCUT2D eigenvalue weighted by molar-refractivity contribution is 7.17. The van der Waals surface area contributed by atoms with Crippen LogP contribution in [0.4, 0.5) is 0 Å². The van der Waals surface area contributed by atoms with Crippen molar-refractivity contribution in [2.24, 2.45) is 5.92 Å². The summed E-state index contributed by atoms with van der Waals surface area (Å²) in [6, 6.07) is -0.116. The van der Waals surface area contributed by atoms with Gasteiger partial charge in [-0.2, -0.15) is 0 Å². The van der Waals surface area contributed by atoms with E-state index in [0.717, 1.165) is 17.8 Å². The fourth-order valence-corrected chi connectivity index (χ4v) is 2.74. The monoisotopic (exact) mass is 261 g/mol. The number of halogens is 1. The van der Waals surface area contributed by atoms with Crippen molar-refractivity contribution in [3.63, 3.8) is 0 Å². The van der Waals surface area contributed by atoms with Gasteiger partial charge in [0.25, 0.3) is 5.91 Å². The summed E-state index contributed by atoms with van der Waals surface area (Å²) in [4.78, 5) is 13.7. The molecule has 2 atom stereocenters. The van der Waals surface area contributed by atoms with Crippen LogP contribution < -0.4 is 0 Å². The number of aromatic nitrogens is 2. The molecule has 1 amide bonds. The maximum Gasteiger partial charge on any atom is 0.285 e. The van der Waals surface area contributed by atoms with Crippen LogP contribution in [0.1, 0.15) is 23.1 Å². The number of hydrogen-bond donors (Lipinski definition) is 1. The quantitative estimate of drug-likeness (QED) is 0.864. The molecule has 0 aliphatic carbocycles. The number of carbonyl (C=O) groups is 1. The van der Waals surface area contributed by atoms with E-state index in [4.69, 9.17) is 11.6 Å². The van der Waals surface area contributed by atoms with Crippen molar-refractivity contribution in [1.29, 1.82) is 0 Å². The van der Waals surface area contributed by atoms with Crippen molar-refractivity contribution in [2.45, 2.75) is 19.4 Å². The molecule has 1 saturated heterocycles. The number of rotatable bonds is 2. The van der Waals surface area contributed by atoms with Crippen LogP contribution in [-0.2, 0) is 0 Å². The molecule has 1 aromatic heterocycles. The third kappa shape index (κ3) is 2.05. The number of hydrogen-bond acceptors (Lipinski definition) is 5. The Bertz CT molecular complexity index is 398. The molecule has 1 N–H and O–H groups in total. The van der Waals surface area contributed by atoms with Crippen molar-refractivity contribution in [3.05, 3.63) is 9.47 Å². The van der Waals surface area contributed by atoms with Gasteiger partial charge in [-0.3, -0.25) is 4.79 Å². The van der Waals surface area contributed by atoms with Gasteiger partial charge < -0.3 is 10.0 Å². The SMILES string of the molecule is CC1CCN(C(=O)c2nnc(Cl)s2)C1CO. The zero-order valence-electron chi connectivity index (χ0n) is 8.76. The van der Waals surface area contributed by atoms with Crippen molar-refractivity contribution < 1.29 is 9.90 Å². The lowest BCUT2D eigenvalue weighted by molar-refractivity contribution is 0.0647. The van der Waals surface area contributed by atoms with Gasteiger partial charge >= 0.3 is 0 Å². The zero-order chi connectivity index (χ0) is 11.7. The number of aliphatic hydroxyl groups excluding tert-OH is 1. The van der Waals surface area contributed by atoms with E-state index in [1.807, 2.05) is 6.92 Å². The second-order valence-electron chi connectivity index (χ2n) is 3.87. The molecule has 16 heavy (non-hydrogen) atoms. The molecule has 1 aliphatic rings.